The molecule has 0 spiro atoms. The van der Waals surface area contributed by atoms with Gasteiger partial charge < -0.3 is 19.3 Å². The maximum Gasteiger partial charge on any atom is 0.253 e. The average Bonchev–Trinajstić information content (AvgIpc) is 2.83. The van der Waals surface area contributed by atoms with Gasteiger partial charge in [0, 0.05) is 42.7 Å². The normalized spacial score (nSPS) is 14.6. The van der Waals surface area contributed by atoms with Crippen molar-refractivity contribution in [2.75, 3.05) is 39.3 Å². The van der Waals surface area contributed by atoms with Crippen molar-refractivity contribution >= 4 is 16.7 Å². The largest absolute Gasteiger partial charge is 0.493 e. The smallest absolute Gasteiger partial charge is 0.253 e. The molecule has 1 aliphatic heterocycles. The van der Waals surface area contributed by atoms with Gasteiger partial charge in [-0.25, -0.2) is 0 Å². The number of rotatable bonds is 7. The quantitative estimate of drug-likeness (QED) is 0.563. The molecule has 3 aromatic rings. The van der Waals surface area contributed by atoms with Crippen molar-refractivity contribution in [3.63, 3.8) is 0 Å². The fraction of sp³-hybridized carbons (Fsp3) is 0.346. The number of hydrogen-bond donors (Lipinski definition) is 0. The van der Waals surface area contributed by atoms with Crippen LogP contribution in [-0.2, 0) is 6.61 Å². The zero-order valence-corrected chi connectivity index (χ0v) is 18.3. The standard InChI is InChI=1S/C26H30N2O3/c1-3-27-14-16-28(17-15-27)26(29)21-12-13-24(30-4-2)22(18-21)19-31-25-11-7-9-20-8-5-6-10-23(20)25/h5-13,18H,3-4,14-17,19H2,1-2H3. The van der Waals surface area contributed by atoms with Crippen LogP contribution in [0.5, 0.6) is 11.5 Å². The Kier molecular flexibility index (Phi) is 6.73. The van der Waals surface area contributed by atoms with E-state index in [1.807, 2.05) is 54.3 Å². The topological polar surface area (TPSA) is 42.0 Å². The van der Waals surface area contributed by atoms with E-state index in [0.29, 0.717) is 18.8 Å². The highest BCUT2D eigenvalue weighted by molar-refractivity contribution is 5.94. The van der Waals surface area contributed by atoms with E-state index in [9.17, 15) is 4.79 Å². The molecule has 1 fully saturated rings. The van der Waals surface area contributed by atoms with Crippen LogP contribution in [0.15, 0.2) is 60.7 Å². The van der Waals surface area contributed by atoms with Crippen molar-refractivity contribution in [3.8, 4) is 11.5 Å². The highest BCUT2D eigenvalue weighted by atomic mass is 16.5. The third-order valence-electron chi connectivity index (χ3n) is 5.85. The van der Waals surface area contributed by atoms with E-state index in [4.69, 9.17) is 9.47 Å². The lowest BCUT2D eigenvalue weighted by atomic mass is 10.1. The minimum atomic E-state index is 0.0743. The number of carbonyl (C=O) groups is 1. The number of nitrogens with zero attached hydrogens (tertiary/aromatic N) is 2. The molecule has 1 amide bonds. The zero-order chi connectivity index (χ0) is 21.6. The number of hydrogen-bond acceptors (Lipinski definition) is 4. The van der Waals surface area contributed by atoms with Gasteiger partial charge in [-0.1, -0.05) is 43.3 Å². The summed E-state index contributed by atoms with van der Waals surface area (Å²) < 4.78 is 12.0. The van der Waals surface area contributed by atoms with E-state index in [2.05, 4.69) is 30.0 Å². The van der Waals surface area contributed by atoms with Crippen molar-refractivity contribution in [2.24, 2.45) is 0 Å². The SMILES string of the molecule is CCOc1ccc(C(=O)N2CCN(CC)CC2)cc1COc1cccc2ccccc12. The summed E-state index contributed by atoms with van der Waals surface area (Å²) in [6, 6.07) is 19.9. The summed E-state index contributed by atoms with van der Waals surface area (Å²) in [5, 5.41) is 2.21. The molecular weight excluding hydrogens is 388 g/mol. The van der Waals surface area contributed by atoms with Crippen LogP contribution < -0.4 is 9.47 Å². The summed E-state index contributed by atoms with van der Waals surface area (Å²) in [6.45, 7) is 9.44. The maximum atomic E-state index is 13.1. The minimum Gasteiger partial charge on any atom is -0.493 e. The Labute approximate surface area is 184 Å². The van der Waals surface area contributed by atoms with Crippen LogP contribution in [0.1, 0.15) is 29.8 Å². The Morgan fingerprint density at radius 3 is 2.42 bits per heavy atom. The summed E-state index contributed by atoms with van der Waals surface area (Å²) in [5.74, 6) is 1.66. The van der Waals surface area contributed by atoms with Crippen LogP contribution in [0.4, 0.5) is 0 Å². The first kappa shape index (κ1) is 21.2. The van der Waals surface area contributed by atoms with Crippen LogP contribution in [-0.4, -0.2) is 55.0 Å². The Balaban J connectivity index is 1.54. The fourth-order valence-corrected chi connectivity index (χ4v) is 4.05. The molecule has 5 heteroatoms. The predicted molar refractivity (Wildman–Crippen MR) is 124 cm³/mol. The van der Waals surface area contributed by atoms with Gasteiger partial charge >= 0.3 is 0 Å². The first-order valence-electron chi connectivity index (χ1n) is 11.1. The van der Waals surface area contributed by atoms with Crippen molar-refractivity contribution in [3.05, 3.63) is 71.8 Å². The van der Waals surface area contributed by atoms with Crippen molar-refractivity contribution < 1.29 is 14.3 Å². The minimum absolute atomic E-state index is 0.0743. The molecule has 0 aromatic heterocycles. The van der Waals surface area contributed by atoms with Crippen molar-refractivity contribution in [1.82, 2.24) is 9.80 Å². The highest BCUT2D eigenvalue weighted by Gasteiger charge is 2.22. The molecular formula is C26H30N2O3. The van der Waals surface area contributed by atoms with Gasteiger partial charge in [0.25, 0.3) is 5.91 Å². The second-order valence-corrected chi connectivity index (χ2v) is 7.75. The lowest BCUT2D eigenvalue weighted by Crippen LogP contribution is -2.48. The highest BCUT2D eigenvalue weighted by Crippen LogP contribution is 2.28. The molecule has 0 radical (unpaired) electrons. The van der Waals surface area contributed by atoms with Gasteiger partial charge in [0.05, 0.1) is 6.61 Å². The van der Waals surface area contributed by atoms with E-state index in [0.717, 1.165) is 60.6 Å². The van der Waals surface area contributed by atoms with Gasteiger partial charge in [0.2, 0.25) is 0 Å². The fourth-order valence-electron chi connectivity index (χ4n) is 4.05. The van der Waals surface area contributed by atoms with Gasteiger partial charge in [0.1, 0.15) is 18.1 Å². The molecule has 0 N–H and O–H groups in total. The second-order valence-electron chi connectivity index (χ2n) is 7.75. The van der Waals surface area contributed by atoms with Crippen LogP contribution in [0.25, 0.3) is 10.8 Å². The molecule has 1 heterocycles. The third-order valence-corrected chi connectivity index (χ3v) is 5.85. The Morgan fingerprint density at radius 2 is 1.65 bits per heavy atom. The molecule has 162 valence electrons. The summed E-state index contributed by atoms with van der Waals surface area (Å²) in [7, 11) is 0. The predicted octanol–water partition coefficient (Wildman–Crippen LogP) is 4.60. The van der Waals surface area contributed by atoms with Crippen molar-refractivity contribution in [1.29, 1.82) is 0 Å². The number of piperazine rings is 1. The molecule has 31 heavy (non-hydrogen) atoms. The number of carbonyl (C=O) groups excluding carboxylic acids is 1. The monoisotopic (exact) mass is 418 g/mol. The second kappa shape index (κ2) is 9.84. The molecule has 0 bridgehead atoms. The number of ether oxygens (including phenoxy) is 2. The average molecular weight is 419 g/mol. The first-order chi connectivity index (χ1) is 15.2. The van der Waals surface area contributed by atoms with Gasteiger partial charge in [-0.15, -0.1) is 0 Å². The Morgan fingerprint density at radius 1 is 0.871 bits per heavy atom. The molecule has 0 saturated carbocycles. The summed E-state index contributed by atoms with van der Waals surface area (Å²) in [5.41, 5.74) is 1.57. The molecule has 1 saturated heterocycles. The maximum absolute atomic E-state index is 13.1. The Hall–Kier alpha value is -3.05. The van der Waals surface area contributed by atoms with E-state index >= 15 is 0 Å². The molecule has 0 atom stereocenters. The summed E-state index contributed by atoms with van der Waals surface area (Å²) in [4.78, 5) is 17.4. The van der Waals surface area contributed by atoms with E-state index in [1.54, 1.807) is 0 Å². The van der Waals surface area contributed by atoms with Crippen molar-refractivity contribution in [2.45, 2.75) is 20.5 Å². The lowest BCUT2D eigenvalue weighted by molar-refractivity contribution is 0.0643. The summed E-state index contributed by atoms with van der Waals surface area (Å²) in [6.07, 6.45) is 0. The molecule has 1 aliphatic rings. The molecule has 4 rings (SSSR count). The third kappa shape index (κ3) is 4.83. The van der Waals surface area contributed by atoms with E-state index in [1.165, 1.54) is 0 Å². The van der Waals surface area contributed by atoms with Gasteiger partial charge in [-0.3, -0.25) is 4.79 Å². The number of fused-ring (bicyclic) bond motifs is 1. The number of benzene rings is 3. The van der Waals surface area contributed by atoms with E-state index < -0.39 is 0 Å². The van der Waals surface area contributed by atoms with E-state index in [-0.39, 0.29) is 5.91 Å². The van der Waals surface area contributed by atoms with Gasteiger partial charge in [-0.05, 0) is 43.1 Å². The first-order valence-corrected chi connectivity index (χ1v) is 11.1. The molecule has 0 aliphatic carbocycles. The van der Waals surface area contributed by atoms with Crippen LogP contribution in [0.2, 0.25) is 0 Å². The van der Waals surface area contributed by atoms with Crippen LogP contribution in [0, 0.1) is 0 Å². The number of amides is 1. The molecule has 3 aromatic carbocycles. The Bertz CT molecular complexity index is 1040. The van der Waals surface area contributed by atoms with Crippen LogP contribution in [0.3, 0.4) is 0 Å². The molecule has 5 nitrogen and oxygen atoms in total. The van der Waals surface area contributed by atoms with Crippen LogP contribution >= 0.6 is 0 Å². The number of likely N-dealkylation sites (N-methyl/N-ethyl adjacent to an activating group) is 1. The zero-order valence-electron chi connectivity index (χ0n) is 18.3. The van der Waals surface area contributed by atoms with Gasteiger partial charge in [-0.2, -0.15) is 0 Å². The lowest BCUT2D eigenvalue weighted by Gasteiger charge is -2.34. The summed E-state index contributed by atoms with van der Waals surface area (Å²) >= 11 is 0. The molecule has 0 unspecified atom stereocenters. The van der Waals surface area contributed by atoms with Gasteiger partial charge in [0.15, 0.2) is 0 Å².